The first-order chi connectivity index (χ1) is 24.8. The Balaban J connectivity index is 1.25. The third-order valence-electron chi connectivity index (χ3n) is 10.4. The van der Waals surface area contributed by atoms with Crippen LogP contribution in [0.3, 0.4) is 0 Å². The fourth-order valence-corrected chi connectivity index (χ4v) is 11.6. The molecule has 5 aromatic heterocycles. The molecule has 0 amide bonds. The number of rotatable bonds is 2. The van der Waals surface area contributed by atoms with Gasteiger partial charge in [0.25, 0.3) is 0 Å². The molecule has 0 aliphatic rings. The zero-order valence-corrected chi connectivity index (χ0v) is 28.9. The smallest absolute Gasteiger partial charge is 0.147 e. The molecule has 0 atom stereocenters. The average Bonchev–Trinajstić information content (AvgIpc) is 3.92. The lowest BCUT2D eigenvalue weighted by atomic mass is 9.98. The number of pyridine rings is 1. The first kappa shape index (κ1) is 27.3. The highest BCUT2D eigenvalue weighted by molar-refractivity contribution is 7.27. The molecule has 12 aromatic rings. The number of thiophene rings is 3. The van der Waals surface area contributed by atoms with Crippen LogP contribution in [0.25, 0.3) is 110 Å². The number of hydrogen-bond acceptors (Lipinski definition) is 4. The Bertz CT molecular complexity index is 3390. The lowest BCUT2D eigenvalue weighted by Gasteiger charge is -2.15. The molecule has 0 N–H and O–H groups in total. The Morgan fingerprint density at radius 1 is 0.400 bits per heavy atom. The van der Waals surface area contributed by atoms with Gasteiger partial charge in [0.1, 0.15) is 10.6 Å². The molecule has 0 radical (unpaired) electrons. The van der Waals surface area contributed by atoms with Gasteiger partial charge in [-0.05, 0) is 58.8 Å². The molecular formula is C45H24N2S3. The quantitative estimate of drug-likeness (QED) is 0.177. The van der Waals surface area contributed by atoms with Crippen LogP contribution in [0.5, 0.6) is 0 Å². The topological polar surface area (TPSA) is 17.8 Å². The molecule has 0 bridgehead atoms. The molecule has 0 fully saturated rings. The fraction of sp³-hybridized carbons (Fsp3) is 0. The highest BCUT2D eigenvalue weighted by Crippen LogP contribution is 2.47. The standard InChI is InChI=1S/C45H24N2S3/c1-2-11-26-25(10-1)20-21-30-33-22-32-27-12-3-6-16-36(27)47(37(32)24-41(33)49-43(26)30)44-34(23-35-28-13-4-7-17-38(28)50-45(35)46-44)29-15-9-19-40-42(29)31-14-5-8-18-39(31)48-40/h1-24H. The third kappa shape index (κ3) is 3.64. The summed E-state index contributed by atoms with van der Waals surface area (Å²) in [6.07, 6.45) is 0. The Morgan fingerprint density at radius 3 is 2.04 bits per heavy atom. The second-order valence-electron chi connectivity index (χ2n) is 13.1. The van der Waals surface area contributed by atoms with E-state index in [0.29, 0.717) is 0 Å². The molecule has 7 aromatic carbocycles. The van der Waals surface area contributed by atoms with Gasteiger partial charge in [-0.25, -0.2) is 4.98 Å². The zero-order valence-electron chi connectivity index (χ0n) is 26.5. The first-order valence-electron chi connectivity index (χ1n) is 16.8. The summed E-state index contributed by atoms with van der Waals surface area (Å²) in [5, 5.41) is 12.8. The SMILES string of the molecule is c1ccc2c(c1)ccc1c3cc4c5ccccc5n(-c5nc6sc7ccccc7c6cc5-c5cccc6sc7ccccc7c56)c4cc3sc21. The second-order valence-corrected chi connectivity index (χ2v) is 16.2. The van der Waals surface area contributed by atoms with Gasteiger partial charge in [-0.1, -0.05) is 103 Å². The summed E-state index contributed by atoms with van der Waals surface area (Å²) >= 11 is 5.55. The van der Waals surface area contributed by atoms with Crippen molar-refractivity contribution in [3.8, 4) is 16.9 Å². The van der Waals surface area contributed by atoms with Crippen molar-refractivity contribution < 1.29 is 0 Å². The molecular weight excluding hydrogens is 665 g/mol. The maximum atomic E-state index is 5.65. The zero-order chi connectivity index (χ0) is 32.5. The monoisotopic (exact) mass is 688 g/mol. The summed E-state index contributed by atoms with van der Waals surface area (Å²) in [6, 6.07) is 53.8. The van der Waals surface area contributed by atoms with Gasteiger partial charge in [-0.15, -0.1) is 34.0 Å². The van der Waals surface area contributed by atoms with Crippen molar-refractivity contribution in [2.75, 3.05) is 0 Å². The minimum atomic E-state index is 0.976. The van der Waals surface area contributed by atoms with Crippen LogP contribution < -0.4 is 0 Å². The van der Waals surface area contributed by atoms with E-state index in [1.807, 2.05) is 22.7 Å². The van der Waals surface area contributed by atoms with Crippen molar-refractivity contribution in [3.63, 3.8) is 0 Å². The van der Waals surface area contributed by atoms with Gasteiger partial charge < -0.3 is 0 Å². The molecule has 2 nitrogen and oxygen atoms in total. The summed E-state index contributed by atoms with van der Waals surface area (Å²) < 4.78 is 8.96. The van der Waals surface area contributed by atoms with E-state index in [1.54, 1.807) is 11.3 Å². The van der Waals surface area contributed by atoms with Crippen LogP contribution in [0.2, 0.25) is 0 Å². The second kappa shape index (κ2) is 9.99. The number of para-hydroxylation sites is 1. The summed E-state index contributed by atoms with van der Waals surface area (Å²) in [5.41, 5.74) is 4.73. The van der Waals surface area contributed by atoms with E-state index in [4.69, 9.17) is 4.98 Å². The molecule has 12 rings (SSSR count). The molecule has 50 heavy (non-hydrogen) atoms. The van der Waals surface area contributed by atoms with E-state index in [-0.39, 0.29) is 0 Å². The highest BCUT2D eigenvalue weighted by atomic mass is 32.1. The largest absolute Gasteiger partial charge is 0.293 e. The van der Waals surface area contributed by atoms with E-state index in [1.165, 1.54) is 94.0 Å². The molecule has 232 valence electrons. The van der Waals surface area contributed by atoms with E-state index in [0.717, 1.165) is 16.2 Å². The van der Waals surface area contributed by atoms with Gasteiger partial charge >= 0.3 is 0 Å². The van der Waals surface area contributed by atoms with Crippen molar-refractivity contribution in [3.05, 3.63) is 146 Å². The van der Waals surface area contributed by atoms with Crippen LogP contribution in [-0.4, -0.2) is 9.55 Å². The molecule has 0 saturated carbocycles. The maximum absolute atomic E-state index is 5.65. The third-order valence-corrected chi connectivity index (χ3v) is 13.8. The van der Waals surface area contributed by atoms with Gasteiger partial charge in [0, 0.05) is 72.2 Å². The van der Waals surface area contributed by atoms with Crippen LogP contribution in [0.1, 0.15) is 0 Å². The minimum absolute atomic E-state index is 0.976. The normalized spacial score (nSPS) is 12.4. The van der Waals surface area contributed by atoms with Crippen molar-refractivity contribution in [1.82, 2.24) is 9.55 Å². The molecule has 0 aliphatic heterocycles. The molecule has 0 aliphatic carbocycles. The summed E-state index contributed by atoms with van der Waals surface area (Å²) in [5.74, 6) is 0.976. The predicted molar refractivity (Wildman–Crippen MR) is 220 cm³/mol. The summed E-state index contributed by atoms with van der Waals surface area (Å²) in [7, 11) is 0. The summed E-state index contributed by atoms with van der Waals surface area (Å²) in [6.45, 7) is 0. The van der Waals surface area contributed by atoms with Crippen molar-refractivity contribution in [2.45, 2.75) is 0 Å². The predicted octanol–water partition coefficient (Wildman–Crippen LogP) is 14.1. The van der Waals surface area contributed by atoms with Crippen molar-refractivity contribution in [1.29, 1.82) is 0 Å². The lowest BCUT2D eigenvalue weighted by Crippen LogP contribution is -2.01. The Hall–Kier alpha value is -5.59. The molecule has 0 saturated heterocycles. The number of hydrogen-bond donors (Lipinski definition) is 0. The van der Waals surface area contributed by atoms with Gasteiger partial charge in [0.05, 0.1) is 11.0 Å². The Morgan fingerprint density at radius 2 is 1.14 bits per heavy atom. The fourth-order valence-electron chi connectivity index (χ4n) is 8.20. The number of benzene rings is 7. The minimum Gasteiger partial charge on any atom is -0.293 e. The van der Waals surface area contributed by atoms with E-state index >= 15 is 0 Å². The lowest BCUT2D eigenvalue weighted by molar-refractivity contribution is 1.11. The number of aromatic nitrogens is 2. The highest BCUT2D eigenvalue weighted by Gasteiger charge is 2.23. The van der Waals surface area contributed by atoms with E-state index < -0.39 is 0 Å². The summed E-state index contributed by atoms with van der Waals surface area (Å²) in [4.78, 5) is 6.72. The number of fused-ring (bicyclic) bond motifs is 14. The van der Waals surface area contributed by atoms with Crippen LogP contribution >= 0.6 is 34.0 Å². The molecule has 5 heterocycles. The van der Waals surface area contributed by atoms with Gasteiger partial charge in [0.15, 0.2) is 0 Å². The Labute approximate surface area is 297 Å². The van der Waals surface area contributed by atoms with Gasteiger partial charge in [0.2, 0.25) is 0 Å². The van der Waals surface area contributed by atoms with Gasteiger partial charge in [-0.2, -0.15) is 0 Å². The van der Waals surface area contributed by atoms with Crippen LogP contribution in [0, 0.1) is 0 Å². The van der Waals surface area contributed by atoms with Gasteiger partial charge in [-0.3, -0.25) is 4.57 Å². The average molecular weight is 689 g/mol. The molecule has 0 unspecified atom stereocenters. The first-order valence-corrected chi connectivity index (χ1v) is 19.2. The van der Waals surface area contributed by atoms with E-state index in [2.05, 4.69) is 150 Å². The number of nitrogens with zero attached hydrogens (tertiary/aromatic N) is 2. The van der Waals surface area contributed by atoms with E-state index in [9.17, 15) is 0 Å². The molecule has 5 heteroatoms. The maximum Gasteiger partial charge on any atom is 0.147 e. The Kier molecular flexibility index (Phi) is 5.45. The van der Waals surface area contributed by atoms with Crippen LogP contribution in [0.4, 0.5) is 0 Å². The van der Waals surface area contributed by atoms with Crippen molar-refractivity contribution >= 4 is 127 Å². The van der Waals surface area contributed by atoms with Crippen LogP contribution in [-0.2, 0) is 0 Å². The van der Waals surface area contributed by atoms with Crippen molar-refractivity contribution in [2.24, 2.45) is 0 Å². The van der Waals surface area contributed by atoms with Crippen LogP contribution in [0.15, 0.2) is 146 Å². The molecule has 0 spiro atoms.